The number of hydrogen-bond donors (Lipinski definition) is 1. The summed E-state index contributed by atoms with van der Waals surface area (Å²) in [5.74, 6) is -0.670. The highest BCUT2D eigenvalue weighted by Crippen LogP contribution is 2.51. The Bertz CT molecular complexity index is 919. The largest absolute Gasteiger partial charge is 0.439 e. The third-order valence-electron chi connectivity index (χ3n) is 5.73. The van der Waals surface area contributed by atoms with Crippen LogP contribution in [0.4, 0.5) is 0 Å². The molecule has 2 saturated heterocycles. The lowest BCUT2D eigenvalue weighted by Crippen LogP contribution is -2.44. The molecule has 1 N–H and O–H groups in total. The molecule has 2 bridgehead atoms. The standard InChI is InChI=1S/C20H21N3O4/c1-2-9-23-11-20-8-7-14(27-20)16(17(20)19(23)25)18(24)21-10-15-22-12-5-3-4-6-13(12)26-15/h3-8,14,16-17H,2,9-11H2,1H3,(H,21,24)/t14-,16-,17+,20-/m0/s1. The molecule has 0 unspecified atom stereocenters. The van der Waals surface area contributed by atoms with E-state index >= 15 is 0 Å². The van der Waals surface area contributed by atoms with E-state index < -0.39 is 17.4 Å². The lowest BCUT2D eigenvalue weighted by Gasteiger charge is -2.23. The summed E-state index contributed by atoms with van der Waals surface area (Å²) in [5.41, 5.74) is 0.803. The Hall–Kier alpha value is -2.67. The second-order valence-corrected chi connectivity index (χ2v) is 7.45. The highest BCUT2D eigenvalue weighted by Gasteiger charge is 2.66. The van der Waals surface area contributed by atoms with Gasteiger partial charge in [-0.1, -0.05) is 31.2 Å². The Morgan fingerprint density at radius 1 is 1.41 bits per heavy atom. The van der Waals surface area contributed by atoms with Crippen molar-refractivity contribution in [2.45, 2.75) is 31.6 Å². The normalized spacial score (nSPS) is 31.1. The number of para-hydroxylation sites is 2. The van der Waals surface area contributed by atoms with Crippen molar-refractivity contribution in [2.75, 3.05) is 13.1 Å². The van der Waals surface area contributed by atoms with Crippen LogP contribution < -0.4 is 5.32 Å². The average molecular weight is 367 g/mol. The van der Waals surface area contributed by atoms with Crippen molar-refractivity contribution in [1.82, 2.24) is 15.2 Å². The summed E-state index contributed by atoms with van der Waals surface area (Å²) >= 11 is 0. The van der Waals surface area contributed by atoms with E-state index in [4.69, 9.17) is 9.15 Å². The van der Waals surface area contributed by atoms with Gasteiger partial charge >= 0.3 is 0 Å². The number of fused-ring (bicyclic) bond motifs is 2. The van der Waals surface area contributed by atoms with Crippen LogP contribution >= 0.6 is 0 Å². The fourth-order valence-electron chi connectivity index (χ4n) is 4.61. The van der Waals surface area contributed by atoms with Gasteiger partial charge < -0.3 is 19.4 Å². The van der Waals surface area contributed by atoms with Gasteiger partial charge in [0, 0.05) is 6.54 Å². The van der Waals surface area contributed by atoms with Gasteiger partial charge in [-0.05, 0) is 18.6 Å². The molecule has 4 heterocycles. The Balaban J connectivity index is 1.33. The van der Waals surface area contributed by atoms with E-state index in [1.807, 2.05) is 48.2 Å². The molecule has 1 aromatic heterocycles. The number of nitrogens with zero attached hydrogens (tertiary/aromatic N) is 2. The summed E-state index contributed by atoms with van der Waals surface area (Å²) in [6.07, 6.45) is 4.44. The van der Waals surface area contributed by atoms with Crippen LogP contribution in [0.2, 0.25) is 0 Å². The fraction of sp³-hybridized carbons (Fsp3) is 0.450. The zero-order valence-corrected chi connectivity index (χ0v) is 15.1. The van der Waals surface area contributed by atoms with Crippen molar-refractivity contribution < 1.29 is 18.7 Å². The predicted molar refractivity (Wildman–Crippen MR) is 96.5 cm³/mol. The molecule has 27 heavy (non-hydrogen) atoms. The van der Waals surface area contributed by atoms with Crippen LogP contribution in [-0.4, -0.2) is 46.5 Å². The summed E-state index contributed by atoms with van der Waals surface area (Å²) in [6.45, 7) is 3.45. The maximum Gasteiger partial charge on any atom is 0.230 e. The van der Waals surface area contributed by atoms with E-state index in [2.05, 4.69) is 10.3 Å². The van der Waals surface area contributed by atoms with Gasteiger partial charge in [0.2, 0.25) is 17.7 Å². The second-order valence-electron chi connectivity index (χ2n) is 7.45. The van der Waals surface area contributed by atoms with Crippen LogP contribution in [0, 0.1) is 11.8 Å². The molecule has 2 fully saturated rings. The van der Waals surface area contributed by atoms with Crippen LogP contribution in [0.3, 0.4) is 0 Å². The average Bonchev–Trinajstić information content (AvgIpc) is 3.39. The van der Waals surface area contributed by atoms with Gasteiger partial charge in [-0.25, -0.2) is 4.98 Å². The molecule has 1 aromatic carbocycles. The number of benzene rings is 1. The van der Waals surface area contributed by atoms with E-state index in [9.17, 15) is 9.59 Å². The minimum atomic E-state index is -0.642. The number of rotatable bonds is 5. The second kappa shape index (κ2) is 5.92. The van der Waals surface area contributed by atoms with Gasteiger partial charge in [-0.2, -0.15) is 0 Å². The summed E-state index contributed by atoms with van der Waals surface area (Å²) < 4.78 is 11.7. The molecule has 0 saturated carbocycles. The Morgan fingerprint density at radius 2 is 2.26 bits per heavy atom. The van der Waals surface area contributed by atoms with Crippen molar-refractivity contribution in [3.63, 3.8) is 0 Å². The molecule has 4 atom stereocenters. The van der Waals surface area contributed by atoms with Crippen LogP contribution in [0.25, 0.3) is 11.1 Å². The van der Waals surface area contributed by atoms with Gasteiger partial charge in [-0.15, -0.1) is 0 Å². The third-order valence-corrected chi connectivity index (χ3v) is 5.73. The molecular formula is C20H21N3O4. The van der Waals surface area contributed by atoms with Crippen LogP contribution in [-0.2, 0) is 20.9 Å². The third kappa shape index (κ3) is 2.41. The molecule has 2 amide bonds. The van der Waals surface area contributed by atoms with Gasteiger partial charge in [0.05, 0.1) is 31.0 Å². The molecule has 0 aliphatic carbocycles. The Labute approximate surface area is 156 Å². The minimum Gasteiger partial charge on any atom is -0.439 e. The predicted octanol–water partition coefficient (Wildman–Crippen LogP) is 1.64. The van der Waals surface area contributed by atoms with Crippen molar-refractivity contribution >= 4 is 22.9 Å². The molecule has 3 aliphatic heterocycles. The first-order valence-electron chi connectivity index (χ1n) is 9.39. The highest BCUT2D eigenvalue weighted by molar-refractivity contribution is 5.93. The summed E-state index contributed by atoms with van der Waals surface area (Å²) in [7, 11) is 0. The maximum absolute atomic E-state index is 12.9. The first-order valence-corrected chi connectivity index (χ1v) is 9.39. The Kier molecular flexibility index (Phi) is 3.62. The molecule has 1 spiro atoms. The number of nitrogens with one attached hydrogen (secondary N) is 1. The van der Waals surface area contributed by atoms with Crippen LogP contribution in [0.5, 0.6) is 0 Å². The van der Waals surface area contributed by atoms with Crippen molar-refractivity contribution in [1.29, 1.82) is 0 Å². The zero-order chi connectivity index (χ0) is 18.6. The first kappa shape index (κ1) is 16.5. The quantitative estimate of drug-likeness (QED) is 0.812. The van der Waals surface area contributed by atoms with E-state index in [1.165, 1.54) is 0 Å². The maximum atomic E-state index is 12.9. The lowest BCUT2D eigenvalue weighted by molar-refractivity contribution is -0.137. The fourth-order valence-corrected chi connectivity index (χ4v) is 4.61. The number of carbonyl (C=O) groups is 2. The number of ether oxygens (including phenoxy) is 1. The number of amides is 2. The van der Waals surface area contributed by atoms with Crippen LogP contribution in [0.15, 0.2) is 40.8 Å². The molecule has 0 radical (unpaired) electrons. The monoisotopic (exact) mass is 367 g/mol. The summed E-state index contributed by atoms with van der Waals surface area (Å²) in [5, 5.41) is 2.88. The Morgan fingerprint density at radius 3 is 3.07 bits per heavy atom. The van der Waals surface area contributed by atoms with Crippen molar-refractivity contribution in [3.05, 3.63) is 42.3 Å². The van der Waals surface area contributed by atoms with Gasteiger partial charge in [0.25, 0.3) is 0 Å². The molecule has 5 rings (SSSR count). The van der Waals surface area contributed by atoms with E-state index in [-0.39, 0.29) is 24.5 Å². The molecule has 140 valence electrons. The van der Waals surface area contributed by atoms with Gasteiger partial charge in [0.15, 0.2) is 5.58 Å². The lowest BCUT2D eigenvalue weighted by atomic mass is 9.77. The van der Waals surface area contributed by atoms with Crippen molar-refractivity contribution in [3.8, 4) is 0 Å². The molecule has 7 heteroatoms. The van der Waals surface area contributed by atoms with E-state index in [0.29, 0.717) is 24.6 Å². The number of aromatic nitrogens is 1. The number of oxazole rings is 1. The molecule has 7 nitrogen and oxygen atoms in total. The van der Waals surface area contributed by atoms with Gasteiger partial charge in [-0.3, -0.25) is 9.59 Å². The topological polar surface area (TPSA) is 84.7 Å². The van der Waals surface area contributed by atoms with E-state index in [0.717, 1.165) is 11.9 Å². The summed E-state index contributed by atoms with van der Waals surface area (Å²) in [6, 6.07) is 7.47. The summed E-state index contributed by atoms with van der Waals surface area (Å²) in [4.78, 5) is 32.0. The first-order chi connectivity index (χ1) is 13.1. The zero-order valence-electron chi connectivity index (χ0n) is 15.1. The van der Waals surface area contributed by atoms with Gasteiger partial charge in [0.1, 0.15) is 11.1 Å². The smallest absolute Gasteiger partial charge is 0.230 e. The molecule has 3 aliphatic rings. The molecular weight excluding hydrogens is 346 g/mol. The van der Waals surface area contributed by atoms with Crippen molar-refractivity contribution in [2.24, 2.45) is 11.8 Å². The highest BCUT2D eigenvalue weighted by atomic mass is 16.5. The number of likely N-dealkylation sites (tertiary alicyclic amines) is 1. The molecule has 2 aromatic rings. The number of hydrogen-bond acceptors (Lipinski definition) is 5. The minimum absolute atomic E-state index is 0.0192. The van der Waals surface area contributed by atoms with E-state index in [1.54, 1.807) is 0 Å². The SMILES string of the molecule is CCCN1C[C@]23C=C[C@H](O2)[C@H](C(=O)NCc2nc4ccccc4o2)[C@@H]3C1=O. The van der Waals surface area contributed by atoms with Crippen LogP contribution in [0.1, 0.15) is 19.2 Å². The number of carbonyl (C=O) groups excluding carboxylic acids is 2.